The molecule has 2 aliphatic rings. The number of dihydropyridines is 1. The van der Waals surface area contributed by atoms with Crippen molar-refractivity contribution >= 4 is 22.0 Å². The number of allylic oxidation sites excluding steroid dienone is 2. The molecule has 0 spiro atoms. The first-order valence-electron chi connectivity index (χ1n) is 12.2. The highest BCUT2D eigenvalue weighted by Crippen LogP contribution is 2.35. The van der Waals surface area contributed by atoms with E-state index in [4.69, 9.17) is 0 Å². The fourth-order valence-corrected chi connectivity index (χ4v) is 5.03. The number of fused-ring (bicyclic) bond motifs is 1. The Balaban J connectivity index is 1.47. The van der Waals surface area contributed by atoms with Gasteiger partial charge in [-0.05, 0) is 46.0 Å². The third-order valence-corrected chi connectivity index (χ3v) is 6.86. The van der Waals surface area contributed by atoms with Crippen molar-refractivity contribution in [2.24, 2.45) is 0 Å². The first kappa shape index (κ1) is 21.5. The van der Waals surface area contributed by atoms with Crippen molar-refractivity contribution < 1.29 is 0 Å². The first-order valence-corrected chi connectivity index (χ1v) is 12.2. The number of benzene rings is 4. The molecule has 0 bridgehead atoms. The Labute approximate surface area is 206 Å². The highest BCUT2D eigenvalue weighted by Gasteiger charge is 2.25. The summed E-state index contributed by atoms with van der Waals surface area (Å²) in [7, 11) is 0. The van der Waals surface area contributed by atoms with Crippen LogP contribution in [0.1, 0.15) is 40.0 Å². The molecule has 35 heavy (non-hydrogen) atoms. The largest absolute Gasteiger partial charge is 0.387 e. The lowest BCUT2D eigenvalue weighted by atomic mass is 9.92. The molecule has 3 nitrogen and oxygen atoms in total. The predicted molar refractivity (Wildman–Crippen MR) is 146 cm³/mol. The highest BCUT2D eigenvalue weighted by molar-refractivity contribution is 6.01. The molecule has 0 saturated carbocycles. The number of nitrogens with one attached hydrogen (secondary N) is 3. The number of aryl methyl sites for hydroxylation is 1. The van der Waals surface area contributed by atoms with Crippen LogP contribution in [-0.2, 0) is 0 Å². The van der Waals surface area contributed by atoms with E-state index < -0.39 is 0 Å². The Morgan fingerprint density at radius 2 is 1.46 bits per heavy atom. The molecule has 2 aliphatic heterocycles. The van der Waals surface area contributed by atoms with Crippen LogP contribution in [0.25, 0.3) is 22.0 Å². The van der Waals surface area contributed by atoms with Gasteiger partial charge in [0.05, 0.1) is 6.04 Å². The van der Waals surface area contributed by atoms with Gasteiger partial charge in [0, 0.05) is 24.0 Å². The predicted octanol–water partition coefficient (Wildman–Crippen LogP) is 6.62. The Bertz CT molecular complexity index is 1450. The van der Waals surface area contributed by atoms with Crippen molar-refractivity contribution in [3.63, 3.8) is 0 Å². The molecular formula is C32H29N3. The van der Waals surface area contributed by atoms with Crippen LogP contribution < -0.4 is 16.0 Å². The van der Waals surface area contributed by atoms with E-state index in [1.54, 1.807) is 0 Å². The molecule has 3 heteroatoms. The van der Waals surface area contributed by atoms with E-state index in [1.165, 1.54) is 44.2 Å². The molecule has 0 radical (unpaired) electrons. The van der Waals surface area contributed by atoms with E-state index >= 15 is 0 Å². The SMILES string of the molecule is Cc1ccc(C2C=C(c3cccc4c(C5=CNCC=C5)cccc34)NC(c3ccccc3)N2)cc1. The number of hydrogen-bond acceptors (Lipinski definition) is 3. The molecule has 4 aromatic rings. The third kappa shape index (κ3) is 4.27. The zero-order valence-electron chi connectivity index (χ0n) is 19.8. The zero-order valence-corrected chi connectivity index (χ0v) is 19.8. The molecule has 4 aromatic carbocycles. The highest BCUT2D eigenvalue weighted by atomic mass is 15.2. The van der Waals surface area contributed by atoms with E-state index in [2.05, 4.69) is 138 Å². The van der Waals surface area contributed by atoms with Crippen LogP contribution in [0, 0.1) is 6.92 Å². The number of hydrogen-bond donors (Lipinski definition) is 3. The fourth-order valence-electron chi connectivity index (χ4n) is 5.03. The second-order valence-corrected chi connectivity index (χ2v) is 9.24. The molecule has 2 unspecified atom stereocenters. The fraction of sp³-hybridized carbons (Fsp3) is 0.125. The summed E-state index contributed by atoms with van der Waals surface area (Å²) >= 11 is 0. The summed E-state index contributed by atoms with van der Waals surface area (Å²) in [6, 6.07) is 32.8. The van der Waals surface area contributed by atoms with E-state index in [0.29, 0.717) is 0 Å². The average Bonchev–Trinajstić information content (AvgIpc) is 2.93. The van der Waals surface area contributed by atoms with Gasteiger partial charge in [-0.3, -0.25) is 5.32 Å². The van der Waals surface area contributed by atoms with Gasteiger partial charge in [0.15, 0.2) is 0 Å². The van der Waals surface area contributed by atoms with E-state index in [-0.39, 0.29) is 12.2 Å². The summed E-state index contributed by atoms with van der Waals surface area (Å²) in [6.07, 6.45) is 8.83. The van der Waals surface area contributed by atoms with Crippen LogP contribution in [0.4, 0.5) is 0 Å². The molecule has 0 amide bonds. The summed E-state index contributed by atoms with van der Waals surface area (Å²) in [4.78, 5) is 0. The minimum atomic E-state index is 0.00845. The van der Waals surface area contributed by atoms with Crippen LogP contribution in [0.15, 0.2) is 115 Å². The maximum atomic E-state index is 3.80. The Kier molecular flexibility index (Phi) is 5.69. The third-order valence-electron chi connectivity index (χ3n) is 6.86. The van der Waals surface area contributed by atoms with Gasteiger partial charge >= 0.3 is 0 Å². The standard InChI is InChI=1S/C32H29N3/c1-22-15-17-23(18-16-22)30-20-31(35-32(34-30)24-8-3-2-4-9-24)29-14-6-12-27-26(11-5-13-28(27)29)25-10-7-19-33-21-25/h2-18,20-21,30,32-35H,19H2,1H3. The molecule has 3 N–H and O–H groups in total. The van der Waals surface area contributed by atoms with Crippen molar-refractivity contribution in [3.05, 3.63) is 143 Å². The van der Waals surface area contributed by atoms with Gasteiger partial charge in [-0.2, -0.15) is 0 Å². The molecule has 0 fully saturated rings. The van der Waals surface area contributed by atoms with Crippen molar-refractivity contribution in [1.29, 1.82) is 0 Å². The Morgan fingerprint density at radius 3 is 2.20 bits per heavy atom. The Hall–Kier alpha value is -4.08. The quantitative estimate of drug-likeness (QED) is 0.324. The monoisotopic (exact) mass is 455 g/mol. The van der Waals surface area contributed by atoms with Crippen molar-refractivity contribution in [1.82, 2.24) is 16.0 Å². The van der Waals surface area contributed by atoms with Crippen molar-refractivity contribution in [2.75, 3.05) is 6.54 Å². The molecular weight excluding hydrogens is 426 g/mol. The average molecular weight is 456 g/mol. The molecule has 172 valence electrons. The van der Waals surface area contributed by atoms with Crippen LogP contribution in [0.2, 0.25) is 0 Å². The lowest BCUT2D eigenvalue weighted by Gasteiger charge is -2.33. The van der Waals surface area contributed by atoms with Gasteiger partial charge in [-0.15, -0.1) is 0 Å². The number of rotatable bonds is 4. The smallest absolute Gasteiger partial charge is 0.104 e. The minimum Gasteiger partial charge on any atom is -0.387 e. The van der Waals surface area contributed by atoms with Gasteiger partial charge in [0.25, 0.3) is 0 Å². The van der Waals surface area contributed by atoms with E-state index in [9.17, 15) is 0 Å². The first-order chi connectivity index (χ1) is 17.3. The Morgan fingerprint density at radius 1 is 0.714 bits per heavy atom. The van der Waals surface area contributed by atoms with Gasteiger partial charge in [0.1, 0.15) is 6.17 Å². The van der Waals surface area contributed by atoms with Crippen LogP contribution >= 0.6 is 0 Å². The van der Waals surface area contributed by atoms with E-state index in [1.807, 2.05) is 0 Å². The topological polar surface area (TPSA) is 36.1 Å². The summed E-state index contributed by atoms with van der Waals surface area (Å²) in [6.45, 7) is 3.01. The summed E-state index contributed by atoms with van der Waals surface area (Å²) < 4.78 is 0. The lowest BCUT2D eigenvalue weighted by Crippen LogP contribution is -2.39. The second kappa shape index (κ2) is 9.28. The molecule has 0 aliphatic carbocycles. The lowest BCUT2D eigenvalue weighted by molar-refractivity contribution is 0.443. The van der Waals surface area contributed by atoms with Gasteiger partial charge in [-0.1, -0.05) is 109 Å². The van der Waals surface area contributed by atoms with Gasteiger partial charge < -0.3 is 10.6 Å². The maximum Gasteiger partial charge on any atom is 0.104 e. The molecule has 2 atom stereocenters. The molecule has 0 saturated heterocycles. The van der Waals surface area contributed by atoms with Crippen molar-refractivity contribution in [2.45, 2.75) is 19.1 Å². The summed E-state index contributed by atoms with van der Waals surface area (Å²) in [5.41, 5.74) is 8.59. The summed E-state index contributed by atoms with van der Waals surface area (Å²) in [5, 5.41) is 13.5. The summed E-state index contributed by atoms with van der Waals surface area (Å²) in [5.74, 6) is 0. The van der Waals surface area contributed by atoms with E-state index in [0.717, 1.165) is 12.2 Å². The minimum absolute atomic E-state index is 0.00845. The van der Waals surface area contributed by atoms with Crippen LogP contribution in [0.3, 0.4) is 0 Å². The molecule has 6 rings (SSSR count). The molecule has 0 aromatic heterocycles. The van der Waals surface area contributed by atoms with Gasteiger partial charge in [0.2, 0.25) is 0 Å². The van der Waals surface area contributed by atoms with Crippen molar-refractivity contribution in [3.8, 4) is 0 Å². The van der Waals surface area contributed by atoms with Gasteiger partial charge in [-0.25, -0.2) is 0 Å². The van der Waals surface area contributed by atoms with Crippen LogP contribution in [-0.4, -0.2) is 6.54 Å². The molecule has 2 heterocycles. The maximum absolute atomic E-state index is 3.80. The normalized spacial score (nSPS) is 19.5. The second-order valence-electron chi connectivity index (χ2n) is 9.24. The zero-order chi connectivity index (χ0) is 23.6. The van der Waals surface area contributed by atoms with Crippen LogP contribution in [0.5, 0.6) is 0 Å².